The fourth-order valence-electron chi connectivity index (χ4n) is 2.70. The van der Waals surface area contributed by atoms with Gasteiger partial charge in [0.05, 0.1) is 5.69 Å². The van der Waals surface area contributed by atoms with Gasteiger partial charge in [-0.05, 0) is 31.4 Å². The van der Waals surface area contributed by atoms with Crippen LogP contribution in [0.2, 0.25) is 0 Å². The topological polar surface area (TPSA) is 54.0 Å². The van der Waals surface area contributed by atoms with Gasteiger partial charge in [0, 0.05) is 23.4 Å². The molecule has 3 rings (SSSR count). The SMILES string of the molecule is CCc1ccc(-c2csc(NC(=O)CC3CCCN3)n2)cc1.Cl. The number of hydrogen-bond donors (Lipinski definition) is 2. The number of carbonyl (C=O) groups is 1. The van der Waals surface area contributed by atoms with Crippen molar-refractivity contribution in [3.63, 3.8) is 0 Å². The first-order valence-corrected chi connectivity index (χ1v) is 8.70. The summed E-state index contributed by atoms with van der Waals surface area (Å²) in [7, 11) is 0. The van der Waals surface area contributed by atoms with E-state index in [4.69, 9.17) is 0 Å². The first kappa shape index (κ1) is 17.9. The number of benzene rings is 1. The highest BCUT2D eigenvalue weighted by Gasteiger charge is 2.18. The van der Waals surface area contributed by atoms with Crippen molar-refractivity contribution in [1.82, 2.24) is 10.3 Å². The minimum atomic E-state index is 0. The van der Waals surface area contributed by atoms with Crippen LogP contribution in [0.4, 0.5) is 5.13 Å². The zero-order valence-electron chi connectivity index (χ0n) is 13.2. The van der Waals surface area contributed by atoms with E-state index in [2.05, 4.69) is 46.8 Å². The molecule has 1 aliphatic rings. The normalized spacial score (nSPS) is 16.8. The third-order valence-corrected chi connectivity index (χ3v) is 4.76. The fraction of sp³-hybridized carbons (Fsp3) is 0.412. The molecule has 0 bridgehead atoms. The molecule has 1 fully saturated rings. The van der Waals surface area contributed by atoms with E-state index in [1.165, 1.54) is 16.9 Å². The number of carbonyl (C=O) groups excluding carboxylic acids is 1. The third-order valence-electron chi connectivity index (χ3n) is 4.00. The van der Waals surface area contributed by atoms with Crippen LogP contribution in [-0.2, 0) is 11.2 Å². The Morgan fingerprint density at radius 2 is 2.17 bits per heavy atom. The van der Waals surface area contributed by atoms with Gasteiger partial charge in [-0.1, -0.05) is 31.2 Å². The molecule has 1 aliphatic heterocycles. The third kappa shape index (κ3) is 4.77. The van der Waals surface area contributed by atoms with E-state index in [-0.39, 0.29) is 18.3 Å². The number of nitrogens with one attached hydrogen (secondary N) is 2. The van der Waals surface area contributed by atoms with Gasteiger partial charge in [-0.25, -0.2) is 4.98 Å². The molecule has 6 heteroatoms. The van der Waals surface area contributed by atoms with Crippen LogP contribution in [0.25, 0.3) is 11.3 Å². The van der Waals surface area contributed by atoms with E-state index in [0.717, 1.165) is 37.1 Å². The number of halogens is 1. The lowest BCUT2D eigenvalue weighted by molar-refractivity contribution is -0.116. The molecule has 2 heterocycles. The number of nitrogens with zero attached hydrogens (tertiary/aromatic N) is 1. The molecule has 0 aliphatic carbocycles. The quantitative estimate of drug-likeness (QED) is 0.859. The van der Waals surface area contributed by atoms with Crippen molar-refractivity contribution in [2.75, 3.05) is 11.9 Å². The lowest BCUT2D eigenvalue weighted by Gasteiger charge is -2.08. The van der Waals surface area contributed by atoms with Gasteiger partial charge in [-0.3, -0.25) is 4.79 Å². The summed E-state index contributed by atoms with van der Waals surface area (Å²) < 4.78 is 0. The number of anilines is 1. The van der Waals surface area contributed by atoms with Gasteiger partial charge in [0.25, 0.3) is 0 Å². The van der Waals surface area contributed by atoms with E-state index in [1.807, 2.05) is 5.38 Å². The Morgan fingerprint density at radius 3 is 2.83 bits per heavy atom. The molecule has 4 nitrogen and oxygen atoms in total. The average molecular weight is 352 g/mol. The van der Waals surface area contributed by atoms with E-state index < -0.39 is 0 Å². The van der Waals surface area contributed by atoms with Crippen LogP contribution in [0, 0.1) is 0 Å². The van der Waals surface area contributed by atoms with Crippen molar-refractivity contribution >= 4 is 34.8 Å². The molecule has 2 aromatic rings. The predicted molar refractivity (Wildman–Crippen MR) is 98.4 cm³/mol. The van der Waals surface area contributed by atoms with Gasteiger partial charge in [0.2, 0.25) is 5.91 Å². The molecule has 1 atom stereocenters. The van der Waals surface area contributed by atoms with Crippen LogP contribution in [0.5, 0.6) is 0 Å². The predicted octanol–water partition coefficient (Wildman–Crippen LogP) is 3.87. The monoisotopic (exact) mass is 351 g/mol. The minimum Gasteiger partial charge on any atom is -0.313 e. The van der Waals surface area contributed by atoms with Crippen molar-refractivity contribution in [3.8, 4) is 11.3 Å². The molecule has 0 spiro atoms. The van der Waals surface area contributed by atoms with E-state index in [1.54, 1.807) is 0 Å². The maximum atomic E-state index is 12.0. The van der Waals surface area contributed by atoms with E-state index in [9.17, 15) is 4.79 Å². The maximum absolute atomic E-state index is 12.0. The zero-order valence-corrected chi connectivity index (χ0v) is 14.8. The van der Waals surface area contributed by atoms with Crippen LogP contribution >= 0.6 is 23.7 Å². The molecule has 124 valence electrons. The Hall–Kier alpha value is -1.43. The lowest BCUT2D eigenvalue weighted by atomic mass is 10.1. The van der Waals surface area contributed by atoms with Gasteiger partial charge in [-0.2, -0.15) is 0 Å². The fourth-order valence-corrected chi connectivity index (χ4v) is 3.44. The molecule has 1 aromatic carbocycles. The van der Waals surface area contributed by atoms with Crippen molar-refractivity contribution < 1.29 is 4.79 Å². The van der Waals surface area contributed by atoms with Crippen LogP contribution in [0.1, 0.15) is 31.7 Å². The second-order valence-corrected chi connectivity index (χ2v) is 6.49. The van der Waals surface area contributed by atoms with Crippen LogP contribution in [0.15, 0.2) is 29.6 Å². The zero-order chi connectivity index (χ0) is 15.4. The standard InChI is InChI=1S/C17H21N3OS.ClH/c1-2-12-5-7-13(8-6-12)15-11-22-17(19-15)20-16(21)10-14-4-3-9-18-14;/h5-8,11,14,18H,2-4,9-10H2,1H3,(H,19,20,21);1H. The summed E-state index contributed by atoms with van der Waals surface area (Å²) in [5.74, 6) is 0.0432. The summed E-state index contributed by atoms with van der Waals surface area (Å²) in [5, 5.41) is 8.92. The van der Waals surface area contributed by atoms with Gasteiger partial charge < -0.3 is 10.6 Å². The number of aromatic nitrogens is 1. The smallest absolute Gasteiger partial charge is 0.227 e. The Morgan fingerprint density at radius 1 is 1.39 bits per heavy atom. The van der Waals surface area contributed by atoms with Crippen LogP contribution in [-0.4, -0.2) is 23.5 Å². The summed E-state index contributed by atoms with van der Waals surface area (Å²) >= 11 is 1.48. The molecule has 1 amide bonds. The molecule has 0 saturated carbocycles. The van der Waals surface area contributed by atoms with Crippen LogP contribution in [0.3, 0.4) is 0 Å². The summed E-state index contributed by atoms with van der Waals surface area (Å²) in [6.45, 7) is 3.16. The molecule has 1 unspecified atom stereocenters. The first-order chi connectivity index (χ1) is 10.7. The number of rotatable bonds is 5. The summed E-state index contributed by atoms with van der Waals surface area (Å²) in [6, 6.07) is 8.74. The molecule has 1 saturated heterocycles. The van der Waals surface area contributed by atoms with Gasteiger partial charge in [-0.15, -0.1) is 23.7 Å². The summed E-state index contributed by atoms with van der Waals surface area (Å²) in [4.78, 5) is 16.5. The van der Waals surface area contributed by atoms with Gasteiger partial charge in [0.1, 0.15) is 0 Å². The van der Waals surface area contributed by atoms with E-state index in [0.29, 0.717) is 17.6 Å². The first-order valence-electron chi connectivity index (χ1n) is 7.82. The molecule has 23 heavy (non-hydrogen) atoms. The molecule has 1 aromatic heterocycles. The molecular weight excluding hydrogens is 330 g/mol. The molecule has 0 radical (unpaired) electrons. The van der Waals surface area contributed by atoms with Crippen molar-refractivity contribution in [1.29, 1.82) is 0 Å². The van der Waals surface area contributed by atoms with Gasteiger partial charge in [0.15, 0.2) is 5.13 Å². The second-order valence-electron chi connectivity index (χ2n) is 5.63. The largest absolute Gasteiger partial charge is 0.313 e. The Labute approximate surface area is 147 Å². The van der Waals surface area contributed by atoms with Crippen molar-refractivity contribution in [2.45, 2.75) is 38.6 Å². The Balaban J connectivity index is 0.00000192. The highest BCUT2D eigenvalue weighted by Crippen LogP contribution is 2.25. The lowest BCUT2D eigenvalue weighted by Crippen LogP contribution is -2.27. The number of aryl methyl sites for hydroxylation is 1. The molecule has 2 N–H and O–H groups in total. The second kappa shape index (κ2) is 8.43. The summed E-state index contributed by atoms with van der Waals surface area (Å²) in [6.07, 6.45) is 3.81. The number of hydrogen-bond acceptors (Lipinski definition) is 4. The summed E-state index contributed by atoms with van der Waals surface area (Å²) in [5.41, 5.74) is 3.32. The number of thiazole rings is 1. The van der Waals surface area contributed by atoms with Gasteiger partial charge >= 0.3 is 0 Å². The Bertz CT molecular complexity index is 636. The van der Waals surface area contributed by atoms with Crippen molar-refractivity contribution in [3.05, 3.63) is 35.2 Å². The Kier molecular flexibility index (Phi) is 6.57. The van der Waals surface area contributed by atoms with Crippen molar-refractivity contribution in [2.24, 2.45) is 0 Å². The average Bonchev–Trinajstić information content (AvgIpc) is 3.19. The molecular formula is C17H22ClN3OS. The van der Waals surface area contributed by atoms with E-state index >= 15 is 0 Å². The number of amides is 1. The maximum Gasteiger partial charge on any atom is 0.227 e. The van der Waals surface area contributed by atoms with Crippen LogP contribution < -0.4 is 10.6 Å². The highest BCUT2D eigenvalue weighted by molar-refractivity contribution is 7.14. The minimum absolute atomic E-state index is 0. The highest BCUT2D eigenvalue weighted by atomic mass is 35.5.